The van der Waals surface area contributed by atoms with E-state index in [1.54, 1.807) is 0 Å². The predicted octanol–water partition coefficient (Wildman–Crippen LogP) is 6.78. The summed E-state index contributed by atoms with van der Waals surface area (Å²) in [5.41, 5.74) is 1.71. The second-order valence-electron chi connectivity index (χ2n) is 11.7. The molecule has 0 aromatic heterocycles. The first kappa shape index (κ1) is 30.3. The minimum atomic E-state index is -0.469. The molecule has 0 bridgehead atoms. The minimum absolute atomic E-state index is 0.00291. The Kier molecular flexibility index (Phi) is 11.5. The monoisotopic (exact) mass is 534 g/mol. The Morgan fingerprint density at radius 2 is 1.72 bits per heavy atom. The molecule has 0 saturated carbocycles. The summed E-state index contributed by atoms with van der Waals surface area (Å²) in [6.45, 7) is 10.6. The highest BCUT2D eigenvalue weighted by Gasteiger charge is 2.45. The molecule has 1 heterocycles. The predicted molar refractivity (Wildman–Crippen MR) is 157 cm³/mol. The van der Waals surface area contributed by atoms with Crippen molar-refractivity contribution in [1.29, 1.82) is 0 Å². The van der Waals surface area contributed by atoms with Gasteiger partial charge in [-0.05, 0) is 95.4 Å². The number of carbonyl (C=O) groups excluding carboxylic acids is 2. The lowest BCUT2D eigenvalue weighted by Gasteiger charge is -2.25. The van der Waals surface area contributed by atoms with Crippen molar-refractivity contribution in [2.75, 3.05) is 13.2 Å². The van der Waals surface area contributed by atoms with Crippen LogP contribution in [0.1, 0.15) is 76.8 Å². The number of carbonyl (C=O) groups is 2. The van der Waals surface area contributed by atoms with E-state index in [-0.39, 0.29) is 18.0 Å². The second-order valence-corrected chi connectivity index (χ2v) is 11.7. The summed E-state index contributed by atoms with van der Waals surface area (Å²) >= 11 is 0. The van der Waals surface area contributed by atoms with E-state index in [0.29, 0.717) is 19.6 Å². The maximum Gasteiger partial charge on any atom is 0.407 e. The smallest absolute Gasteiger partial charge is 0.407 e. The zero-order chi connectivity index (χ0) is 28.1. The molecular formula is C33H46N2O4. The van der Waals surface area contributed by atoms with Crippen LogP contribution in [0, 0.1) is 5.41 Å². The van der Waals surface area contributed by atoms with Crippen molar-refractivity contribution in [3.05, 3.63) is 78.4 Å². The SMILES string of the molecule is C=CC[C@]1(CCCc2ccccc2)C[C@@H](COc2ccc(CCCCCNC(=O)OC(C)(C)C)cc2)NC1=O. The summed E-state index contributed by atoms with van der Waals surface area (Å²) < 4.78 is 11.3. The van der Waals surface area contributed by atoms with Crippen molar-refractivity contribution >= 4 is 12.0 Å². The first-order chi connectivity index (χ1) is 18.7. The summed E-state index contributed by atoms with van der Waals surface area (Å²) in [5.74, 6) is 0.945. The van der Waals surface area contributed by atoms with Crippen molar-refractivity contribution in [1.82, 2.24) is 10.6 Å². The number of hydrogen-bond acceptors (Lipinski definition) is 4. The van der Waals surface area contributed by atoms with Crippen LogP contribution in [0.15, 0.2) is 67.3 Å². The Morgan fingerprint density at radius 1 is 1.03 bits per heavy atom. The molecule has 6 nitrogen and oxygen atoms in total. The van der Waals surface area contributed by atoms with Crippen molar-refractivity contribution in [3.63, 3.8) is 0 Å². The number of unbranched alkanes of at least 4 members (excludes halogenated alkanes) is 2. The van der Waals surface area contributed by atoms with E-state index >= 15 is 0 Å². The van der Waals surface area contributed by atoms with Crippen LogP contribution in [0.5, 0.6) is 5.75 Å². The van der Waals surface area contributed by atoms with Crippen LogP contribution in [-0.4, -0.2) is 36.8 Å². The third-order valence-electron chi connectivity index (χ3n) is 7.14. The fourth-order valence-corrected chi connectivity index (χ4v) is 5.18. The Balaban J connectivity index is 1.36. The van der Waals surface area contributed by atoms with Crippen LogP contribution >= 0.6 is 0 Å². The molecule has 1 fully saturated rings. The van der Waals surface area contributed by atoms with E-state index in [1.165, 1.54) is 11.1 Å². The van der Waals surface area contributed by atoms with Gasteiger partial charge in [0.25, 0.3) is 0 Å². The standard InChI is InChI=1S/C33H46N2O4/c1-5-21-33(22-12-16-26-13-8-6-9-14-26)24-28(35-30(33)36)25-38-29-19-17-27(18-20-29)15-10-7-11-23-34-31(37)39-32(2,3)4/h5-6,8-9,13-14,17-20,28H,1,7,10-12,15-16,21-25H2,2-4H3,(H,34,37)(H,35,36)/t28-,33-/m0/s1. The second kappa shape index (κ2) is 14.8. The maximum absolute atomic E-state index is 13.0. The number of alkyl carbamates (subject to hydrolysis) is 1. The van der Waals surface area contributed by atoms with Gasteiger partial charge in [0.05, 0.1) is 11.5 Å². The number of benzene rings is 2. The molecule has 39 heavy (non-hydrogen) atoms. The van der Waals surface area contributed by atoms with Gasteiger partial charge in [0, 0.05) is 6.54 Å². The first-order valence-corrected chi connectivity index (χ1v) is 14.3. The topological polar surface area (TPSA) is 76.7 Å². The molecule has 1 saturated heterocycles. The molecule has 1 aliphatic rings. The van der Waals surface area contributed by atoms with E-state index in [4.69, 9.17) is 9.47 Å². The number of hydrogen-bond donors (Lipinski definition) is 2. The zero-order valence-electron chi connectivity index (χ0n) is 24.0. The van der Waals surface area contributed by atoms with Gasteiger partial charge in [-0.2, -0.15) is 0 Å². The van der Waals surface area contributed by atoms with Crippen molar-refractivity contribution in [3.8, 4) is 5.75 Å². The van der Waals surface area contributed by atoms with E-state index in [1.807, 2.05) is 45.0 Å². The lowest BCUT2D eigenvalue weighted by molar-refractivity contribution is -0.128. The largest absolute Gasteiger partial charge is 0.491 e. The van der Waals surface area contributed by atoms with E-state index in [2.05, 4.69) is 53.6 Å². The molecule has 2 N–H and O–H groups in total. The normalized spacial score (nSPS) is 18.8. The number of rotatable bonds is 15. The molecule has 1 aliphatic heterocycles. The molecule has 2 amide bonds. The fourth-order valence-electron chi connectivity index (χ4n) is 5.18. The number of allylic oxidation sites excluding steroid dienone is 1. The maximum atomic E-state index is 13.0. The van der Waals surface area contributed by atoms with Crippen molar-refractivity contribution in [2.45, 2.75) is 90.2 Å². The van der Waals surface area contributed by atoms with E-state index in [0.717, 1.165) is 57.1 Å². The van der Waals surface area contributed by atoms with Gasteiger partial charge in [-0.3, -0.25) is 4.79 Å². The Hall–Kier alpha value is -3.28. The van der Waals surface area contributed by atoms with Crippen LogP contribution in [0.4, 0.5) is 4.79 Å². The van der Waals surface area contributed by atoms with Crippen molar-refractivity contribution in [2.24, 2.45) is 5.41 Å². The average Bonchev–Trinajstić information content (AvgIpc) is 3.20. The van der Waals surface area contributed by atoms with Gasteiger partial charge in [-0.15, -0.1) is 6.58 Å². The molecule has 3 rings (SSSR count). The van der Waals surface area contributed by atoms with E-state index < -0.39 is 11.0 Å². The van der Waals surface area contributed by atoms with Crippen molar-refractivity contribution < 1.29 is 19.1 Å². The third kappa shape index (κ3) is 10.4. The zero-order valence-corrected chi connectivity index (χ0v) is 24.0. The summed E-state index contributed by atoms with van der Waals surface area (Å²) in [7, 11) is 0. The van der Waals surface area contributed by atoms with Gasteiger partial charge in [0.15, 0.2) is 0 Å². The summed E-state index contributed by atoms with van der Waals surface area (Å²) in [6, 6.07) is 18.7. The van der Waals surface area contributed by atoms with Crippen LogP contribution in [0.25, 0.3) is 0 Å². The summed E-state index contributed by atoms with van der Waals surface area (Å²) in [5, 5.41) is 5.98. The molecule has 0 radical (unpaired) electrons. The lowest BCUT2D eigenvalue weighted by Crippen LogP contribution is -2.33. The molecule has 0 unspecified atom stereocenters. The Morgan fingerprint density at radius 3 is 2.41 bits per heavy atom. The molecule has 2 atom stereocenters. The minimum Gasteiger partial charge on any atom is -0.491 e. The van der Waals surface area contributed by atoms with Crippen LogP contribution < -0.4 is 15.4 Å². The quantitative estimate of drug-likeness (QED) is 0.195. The average molecular weight is 535 g/mol. The number of aryl methyl sites for hydroxylation is 2. The van der Waals surface area contributed by atoms with Crippen LogP contribution in [0.3, 0.4) is 0 Å². The van der Waals surface area contributed by atoms with Crippen LogP contribution in [-0.2, 0) is 22.4 Å². The highest BCUT2D eigenvalue weighted by molar-refractivity contribution is 5.85. The molecule has 0 aliphatic carbocycles. The van der Waals surface area contributed by atoms with Gasteiger partial charge >= 0.3 is 6.09 Å². The van der Waals surface area contributed by atoms with Gasteiger partial charge in [0.2, 0.25) is 5.91 Å². The molecule has 6 heteroatoms. The lowest BCUT2D eigenvalue weighted by atomic mass is 9.77. The molecular weight excluding hydrogens is 488 g/mol. The number of nitrogens with one attached hydrogen (secondary N) is 2. The summed E-state index contributed by atoms with van der Waals surface area (Å²) in [4.78, 5) is 24.7. The highest BCUT2D eigenvalue weighted by Crippen LogP contribution is 2.39. The van der Waals surface area contributed by atoms with E-state index in [9.17, 15) is 9.59 Å². The highest BCUT2D eigenvalue weighted by atomic mass is 16.6. The van der Waals surface area contributed by atoms with Gasteiger partial charge in [-0.1, -0.05) is 55.0 Å². The first-order valence-electron chi connectivity index (χ1n) is 14.3. The number of amides is 2. The third-order valence-corrected chi connectivity index (χ3v) is 7.14. The molecule has 212 valence electrons. The van der Waals surface area contributed by atoms with Gasteiger partial charge in [0.1, 0.15) is 18.0 Å². The molecule has 2 aromatic rings. The Bertz CT molecular complexity index is 1050. The fraction of sp³-hybridized carbons (Fsp3) is 0.515. The molecule has 2 aromatic carbocycles. The van der Waals surface area contributed by atoms with Gasteiger partial charge in [-0.25, -0.2) is 4.79 Å². The van der Waals surface area contributed by atoms with Crippen LogP contribution in [0.2, 0.25) is 0 Å². The summed E-state index contributed by atoms with van der Waals surface area (Å²) in [6.07, 6.45) is 9.78. The van der Waals surface area contributed by atoms with Gasteiger partial charge < -0.3 is 20.1 Å². The molecule has 0 spiro atoms. The Labute approximate surface area is 234 Å². The number of ether oxygens (including phenoxy) is 2.